The van der Waals surface area contributed by atoms with Crippen LogP contribution >= 0.6 is 11.6 Å². The van der Waals surface area contributed by atoms with E-state index in [1.165, 1.54) is 13.2 Å². The maximum atomic E-state index is 12.3. The third kappa shape index (κ3) is 3.05. The second kappa shape index (κ2) is 5.73. The molecule has 0 fully saturated rings. The average molecular weight is 313 g/mol. The van der Waals surface area contributed by atoms with E-state index in [1.54, 1.807) is 36.4 Å². The van der Waals surface area contributed by atoms with Gasteiger partial charge in [0.15, 0.2) is 5.75 Å². The molecule has 0 aromatic heterocycles. The lowest BCUT2D eigenvalue weighted by atomic mass is 10.2. The quantitative estimate of drug-likeness (QED) is 0.812. The minimum Gasteiger partial charge on any atom is -0.495 e. The van der Waals surface area contributed by atoms with Gasteiger partial charge in [-0.2, -0.15) is 8.42 Å². The summed E-state index contributed by atoms with van der Waals surface area (Å²) in [4.78, 5) is -0.0416. The largest absolute Gasteiger partial charge is 0.495 e. The van der Waals surface area contributed by atoms with Gasteiger partial charge in [0.1, 0.15) is 10.6 Å². The minimum absolute atomic E-state index is 0.0416. The van der Waals surface area contributed by atoms with E-state index in [1.807, 2.05) is 6.92 Å². The fourth-order valence-electron chi connectivity index (χ4n) is 1.66. The molecule has 2 aromatic carbocycles. The Kier molecular flexibility index (Phi) is 4.20. The zero-order valence-electron chi connectivity index (χ0n) is 11.0. The van der Waals surface area contributed by atoms with E-state index in [9.17, 15) is 8.42 Å². The maximum Gasteiger partial charge on any atom is 0.342 e. The van der Waals surface area contributed by atoms with Gasteiger partial charge in [-0.3, -0.25) is 0 Å². The van der Waals surface area contributed by atoms with Crippen LogP contribution in [0.5, 0.6) is 11.5 Å². The van der Waals surface area contributed by atoms with E-state index in [0.717, 1.165) is 5.56 Å². The Labute approximate surface area is 123 Å². The Balaban J connectivity index is 2.43. The highest BCUT2D eigenvalue weighted by atomic mass is 35.5. The van der Waals surface area contributed by atoms with E-state index in [-0.39, 0.29) is 21.4 Å². The average Bonchev–Trinajstić information content (AvgIpc) is 2.42. The van der Waals surface area contributed by atoms with Gasteiger partial charge in [-0.15, -0.1) is 0 Å². The molecule has 0 unspecified atom stereocenters. The topological polar surface area (TPSA) is 52.6 Å². The Morgan fingerprint density at radius 2 is 1.75 bits per heavy atom. The van der Waals surface area contributed by atoms with E-state index in [0.29, 0.717) is 0 Å². The molecule has 2 rings (SSSR count). The van der Waals surface area contributed by atoms with Crippen LogP contribution in [-0.2, 0) is 10.1 Å². The molecule has 2 aromatic rings. The molecule has 6 heteroatoms. The van der Waals surface area contributed by atoms with Gasteiger partial charge in [-0.1, -0.05) is 29.8 Å². The van der Waals surface area contributed by atoms with Crippen molar-refractivity contribution in [2.75, 3.05) is 7.11 Å². The first-order chi connectivity index (χ1) is 9.44. The van der Waals surface area contributed by atoms with Crippen molar-refractivity contribution >= 4 is 21.7 Å². The van der Waals surface area contributed by atoms with Crippen LogP contribution in [-0.4, -0.2) is 15.5 Å². The van der Waals surface area contributed by atoms with Crippen LogP contribution in [0.1, 0.15) is 5.56 Å². The van der Waals surface area contributed by atoms with E-state index >= 15 is 0 Å². The van der Waals surface area contributed by atoms with Gasteiger partial charge in [0, 0.05) is 0 Å². The van der Waals surface area contributed by atoms with E-state index in [2.05, 4.69) is 0 Å². The molecule has 0 saturated heterocycles. The van der Waals surface area contributed by atoms with Gasteiger partial charge < -0.3 is 8.92 Å². The van der Waals surface area contributed by atoms with Crippen molar-refractivity contribution in [3.8, 4) is 11.5 Å². The number of rotatable bonds is 4. The summed E-state index contributed by atoms with van der Waals surface area (Å²) in [6.07, 6.45) is 0. The van der Waals surface area contributed by atoms with Crippen LogP contribution in [0.3, 0.4) is 0 Å². The van der Waals surface area contributed by atoms with Gasteiger partial charge >= 0.3 is 10.1 Å². The summed E-state index contributed by atoms with van der Waals surface area (Å²) >= 11 is 5.94. The van der Waals surface area contributed by atoms with Gasteiger partial charge in [-0.25, -0.2) is 0 Å². The van der Waals surface area contributed by atoms with Crippen molar-refractivity contribution in [2.45, 2.75) is 11.8 Å². The number of halogens is 1. The molecule has 106 valence electrons. The smallest absolute Gasteiger partial charge is 0.342 e. The van der Waals surface area contributed by atoms with Crippen LogP contribution in [0.25, 0.3) is 0 Å². The number of aryl methyl sites for hydroxylation is 1. The molecule has 4 nitrogen and oxygen atoms in total. The zero-order chi connectivity index (χ0) is 14.8. The number of benzene rings is 2. The predicted octanol–water partition coefficient (Wildman–Crippen LogP) is 3.42. The fourth-order valence-corrected chi connectivity index (χ4v) is 2.97. The Hall–Kier alpha value is -1.72. The first-order valence-corrected chi connectivity index (χ1v) is 7.56. The fraction of sp³-hybridized carbons (Fsp3) is 0.143. The van der Waals surface area contributed by atoms with Crippen molar-refractivity contribution < 1.29 is 17.3 Å². The molecule has 0 atom stereocenters. The highest BCUT2D eigenvalue weighted by Gasteiger charge is 2.22. The second-order valence-electron chi connectivity index (χ2n) is 4.12. The third-order valence-electron chi connectivity index (χ3n) is 2.62. The lowest BCUT2D eigenvalue weighted by Crippen LogP contribution is -2.11. The second-order valence-corrected chi connectivity index (χ2v) is 6.04. The third-order valence-corrected chi connectivity index (χ3v) is 4.21. The van der Waals surface area contributed by atoms with Crippen LogP contribution < -0.4 is 8.92 Å². The monoisotopic (exact) mass is 312 g/mol. The van der Waals surface area contributed by atoms with Crippen molar-refractivity contribution in [3.05, 3.63) is 53.1 Å². The molecule has 0 saturated carbocycles. The van der Waals surface area contributed by atoms with Crippen LogP contribution in [0.15, 0.2) is 47.4 Å². The SMILES string of the molecule is COc1ccccc1S(=O)(=O)Oc1cc(C)ccc1Cl. The van der Waals surface area contributed by atoms with Crippen molar-refractivity contribution in [2.24, 2.45) is 0 Å². The normalized spacial score (nSPS) is 11.2. The molecular weight excluding hydrogens is 300 g/mol. The molecule has 0 aliphatic carbocycles. The molecule has 0 N–H and O–H groups in total. The molecule has 0 aliphatic heterocycles. The molecular formula is C14H13ClO4S. The number of ether oxygens (including phenoxy) is 1. The Morgan fingerprint density at radius 1 is 1.05 bits per heavy atom. The van der Waals surface area contributed by atoms with Crippen LogP contribution in [0.4, 0.5) is 0 Å². The molecule has 20 heavy (non-hydrogen) atoms. The summed E-state index contributed by atoms with van der Waals surface area (Å²) in [6, 6.07) is 11.2. The minimum atomic E-state index is -4.00. The highest BCUT2D eigenvalue weighted by molar-refractivity contribution is 7.87. The first-order valence-electron chi connectivity index (χ1n) is 5.77. The summed E-state index contributed by atoms with van der Waals surface area (Å²) in [5.74, 6) is 0.314. The van der Waals surface area contributed by atoms with Gasteiger partial charge in [-0.05, 0) is 36.8 Å². The summed E-state index contributed by atoms with van der Waals surface area (Å²) in [5, 5.41) is 0.231. The summed E-state index contributed by atoms with van der Waals surface area (Å²) < 4.78 is 34.7. The highest BCUT2D eigenvalue weighted by Crippen LogP contribution is 2.31. The number of para-hydroxylation sites is 1. The maximum absolute atomic E-state index is 12.3. The Bertz CT molecular complexity index is 726. The number of hydrogen-bond acceptors (Lipinski definition) is 4. The van der Waals surface area contributed by atoms with Gasteiger partial charge in [0.2, 0.25) is 0 Å². The molecule has 0 amide bonds. The van der Waals surface area contributed by atoms with Gasteiger partial charge in [0.25, 0.3) is 0 Å². The standard InChI is InChI=1S/C14H13ClO4S/c1-10-7-8-11(15)13(9-10)19-20(16,17)14-6-4-3-5-12(14)18-2/h3-9H,1-2H3. The molecule has 0 spiro atoms. The van der Waals surface area contributed by atoms with E-state index < -0.39 is 10.1 Å². The van der Waals surface area contributed by atoms with Crippen molar-refractivity contribution in [1.82, 2.24) is 0 Å². The molecule has 0 radical (unpaired) electrons. The summed E-state index contributed by atoms with van der Waals surface area (Å²) in [6.45, 7) is 1.82. The molecule has 0 heterocycles. The summed E-state index contributed by atoms with van der Waals surface area (Å²) in [7, 11) is -2.61. The van der Waals surface area contributed by atoms with Crippen LogP contribution in [0.2, 0.25) is 5.02 Å². The van der Waals surface area contributed by atoms with Crippen molar-refractivity contribution in [1.29, 1.82) is 0 Å². The van der Waals surface area contributed by atoms with Crippen LogP contribution in [0, 0.1) is 6.92 Å². The first kappa shape index (κ1) is 14.7. The number of hydrogen-bond donors (Lipinski definition) is 0. The van der Waals surface area contributed by atoms with E-state index in [4.69, 9.17) is 20.5 Å². The van der Waals surface area contributed by atoms with Gasteiger partial charge in [0.05, 0.1) is 12.1 Å². The molecule has 0 aliphatic rings. The summed E-state index contributed by atoms with van der Waals surface area (Å²) in [5.41, 5.74) is 0.847. The lowest BCUT2D eigenvalue weighted by Gasteiger charge is -2.11. The zero-order valence-corrected chi connectivity index (χ0v) is 12.5. The molecule has 0 bridgehead atoms. The predicted molar refractivity (Wildman–Crippen MR) is 77.0 cm³/mol. The lowest BCUT2D eigenvalue weighted by molar-refractivity contribution is 0.398. The number of methoxy groups -OCH3 is 1. The van der Waals surface area contributed by atoms with Crippen molar-refractivity contribution in [3.63, 3.8) is 0 Å². The Morgan fingerprint density at radius 3 is 2.45 bits per heavy atom.